The summed E-state index contributed by atoms with van der Waals surface area (Å²) in [6, 6.07) is 4.79. The number of ether oxygens (including phenoxy) is 2. The highest BCUT2D eigenvalue weighted by Crippen LogP contribution is 2.28. The highest BCUT2D eigenvalue weighted by Gasteiger charge is 2.32. The van der Waals surface area contributed by atoms with E-state index in [2.05, 4.69) is 14.7 Å². The van der Waals surface area contributed by atoms with E-state index in [1.165, 1.54) is 17.0 Å². The lowest BCUT2D eigenvalue weighted by molar-refractivity contribution is -0.274. The molecular formula is C21H10B6F3N3O3. The number of aromatic nitrogens is 2. The highest BCUT2D eigenvalue weighted by molar-refractivity contribution is 6.57. The van der Waals surface area contributed by atoms with Crippen LogP contribution in [0.15, 0.2) is 24.3 Å². The third kappa shape index (κ3) is 5.01. The number of benzene rings is 2. The molecule has 0 bridgehead atoms. The topological polar surface area (TPSA) is 64.6 Å². The van der Waals surface area contributed by atoms with Crippen molar-refractivity contribution in [1.82, 2.24) is 14.9 Å². The second-order valence-corrected chi connectivity index (χ2v) is 7.79. The third-order valence-corrected chi connectivity index (χ3v) is 5.44. The van der Waals surface area contributed by atoms with E-state index in [-0.39, 0.29) is 75.4 Å². The quantitative estimate of drug-likeness (QED) is 0.374. The summed E-state index contributed by atoms with van der Waals surface area (Å²) in [7, 11) is 35.9. The average molecular weight is 474 g/mol. The number of carbonyl (C=O) groups excluding carboxylic acids is 1. The zero-order valence-electron chi connectivity index (χ0n) is 18.6. The van der Waals surface area contributed by atoms with E-state index < -0.39 is 18.0 Å². The van der Waals surface area contributed by atoms with Crippen LogP contribution in [0.4, 0.5) is 13.2 Å². The number of halogens is 3. The number of fused-ring (bicyclic) bond motifs is 1. The van der Waals surface area contributed by atoms with Crippen molar-refractivity contribution in [3.05, 3.63) is 35.7 Å². The lowest BCUT2D eigenvalue weighted by Crippen LogP contribution is -2.45. The molecule has 1 aliphatic rings. The molecule has 15 heteroatoms. The van der Waals surface area contributed by atoms with Gasteiger partial charge in [0.25, 0.3) is 5.91 Å². The molecule has 0 aliphatic carbocycles. The van der Waals surface area contributed by atoms with Gasteiger partial charge in [0.1, 0.15) is 71.0 Å². The minimum absolute atomic E-state index is 0.000551. The smallest absolute Gasteiger partial charge is 0.492 e. The lowest BCUT2D eigenvalue weighted by atomic mass is 9.68. The Morgan fingerprint density at radius 2 is 1.50 bits per heavy atom. The zero-order valence-corrected chi connectivity index (χ0v) is 18.6. The van der Waals surface area contributed by atoms with Crippen molar-refractivity contribution in [1.29, 1.82) is 0 Å². The van der Waals surface area contributed by atoms with Crippen LogP contribution < -0.4 is 42.5 Å². The first-order chi connectivity index (χ1) is 16.9. The monoisotopic (exact) mass is 475 g/mol. The van der Waals surface area contributed by atoms with E-state index in [0.29, 0.717) is 5.56 Å². The fourth-order valence-corrected chi connectivity index (χ4v) is 3.75. The van der Waals surface area contributed by atoms with Crippen LogP contribution in [0.3, 0.4) is 0 Å². The van der Waals surface area contributed by atoms with Crippen LogP contribution in [-0.2, 0) is 6.54 Å². The van der Waals surface area contributed by atoms with Crippen LogP contribution in [-0.4, -0.2) is 87.4 Å². The molecule has 0 saturated carbocycles. The van der Waals surface area contributed by atoms with Crippen LogP contribution in [0, 0.1) is 0 Å². The summed E-state index contributed by atoms with van der Waals surface area (Å²) in [5.41, 5.74) is 0.230. The number of alkyl halides is 3. The van der Waals surface area contributed by atoms with Crippen LogP contribution in [0.5, 0.6) is 11.5 Å². The molecular weight excluding hydrogens is 464 g/mol. The molecule has 4 rings (SSSR count). The number of hydrogen-bond donors (Lipinski definition) is 0. The van der Waals surface area contributed by atoms with Gasteiger partial charge in [0.05, 0.1) is 18.7 Å². The summed E-state index contributed by atoms with van der Waals surface area (Å²) in [4.78, 5) is 23.0. The molecule has 0 spiro atoms. The molecule has 0 atom stereocenters. The van der Waals surface area contributed by atoms with Gasteiger partial charge in [-0.05, 0) is 34.4 Å². The van der Waals surface area contributed by atoms with E-state index in [1.807, 2.05) is 0 Å². The first-order valence-electron chi connectivity index (χ1n) is 10.3. The lowest BCUT2D eigenvalue weighted by Gasteiger charge is -2.24. The summed E-state index contributed by atoms with van der Waals surface area (Å²) >= 11 is 0. The Kier molecular flexibility index (Phi) is 6.94. The van der Waals surface area contributed by atoms with Crippen LogP contribution >= 0.6 is 0 Å². The molecule has 0 fully saturated rings. The van der Waals surface area contributed by atoms with Crippen molar-refractivity contribution in [3.63, 3.8) is 0 Å². The molecule has 0 unspecified atom stereocenters. The van der Waals surface area contributed by atoms with Crippen LogP contribution in [0.1, 0.15) is 16.2 Å². The van der Waals surface area contributed by atoms with E-state index in [1.54, 1.807) is 0 Å². The molecule has 1 amide bonds. The molecule has 6 nitrogen and oxygen atoms in total. The molecule has 0 saturated heterocycles. The SMILES string of the molecule is [B]c1nc(CN2CCOc3c([B])c([B])c(-c4ccc(OC(F)(F)F)cc4)c([B])c3C2=O)nc([B])c1[B]. The Morgan fingerprint density at radius 1 is 0.889 bits per heavy atom. The maximum absolute atomic E-state index is 13.5. The molecule has 166 valence electrons. The molecule has 3 aromatic rings. The highest BCUT2D eigenvalue weighted by atomic mass is 19.4. The maximum atomic E-state index is 13.5. The fourth-order valence-electron chi connectivity index (χ4n) is 3.75. The van der Waals surface area contributed by atoms with E-state index in [9.17, 15) is 18.0 Å². The van der Waals surface area contributed by atoms with E-state index >= 15 is 0 Å². The number of hydrogen-bond acceptors (Lipinski definition) is 5. The molecule has 2 heterocycles. The van der Waals surface area contributed by atoms with Crippen molar-refractivity contribution < 1.29 is 27.4 Å². The van der Waals surface area contributed by atoms with Gasteiger partial charge in [-0.1, -0.05) is 34.0 Å². The fraction of sp³-hybridized carbons (Fsp3) is 0.190. The van der Waals surface area contributed by atoms with E-state index in [4.69, 9.17) is 51.8 Å². The summed E-state index contributed by atoms with van der Waals surface area (Å²) in [6.45, 7) is 0.0576. The predicted molar refractivity (Wildman–Crippen MR) is 133 cm³/mol. The Bertz CT molecular complexity index is 1330. The average Bonchev–Trinajstić information content (AvgIpc) is 2.95. The second kappa shape index (κ2) is 9.67. The van der Waals surface area contributed by atoms with Gasteiger partial charge < -0.3 is 14.4 Å². The van der Waals surface area contributed by atoms with Gasteiger partial charge in [0, 0.05) is 0 Å². The molecule has 1 aliphatic heterocycles. The standard InChI is InChI=1S/C21H10B6F3N3O3/c22-13-11(8-1-3-9(4-2-8)36-21(28,29)30)14(23)15(24)17-12(13)20(34)33(5-6-35-17)7-10-31-18(26)16(25)19(27)32-10/h1-4H,5-7H2. The first kappa shape index (κ1) is 25.9. The summed E-state index contributed by atoms with van der Waals surface area (Å²) in [5.74, 6) is -0.879. The molecule has 12 radical (unpaired) electrons. The van der Waals surface area contributed by atoms with Gasteiger partial charge >= 0.3 is 6.36 Å². The number of amides is 1. The second-order valence-electron chi connectivity index (χ2n) is 7.79. The molecule has 36 heavy (non-hydrogen) atoms. The predicted octanol–water partition coefficient (Wildman–Crippen LogP) is -3.16. The van der Waals surface area contributed by atoms with Crippen molar-refractivity contribution in [2.75, 3.05) is 13.2 Å². The number of carbonyl (C=O) groups is 1. The van der Waals surface area contributed by atoms with Crippen molar-refractivity contribution in [3.8, 4) is 22.6 Å². The third-order valence-electron chi connectivity index (χ3n) is 5.44. The van der Waals surface area contributed by atoms with Crippen LogP contribution in [0.25, 0.3) is 11.1 Å². The zero-order chi connectivity index (χ0) is 26.4. The van der Waals surface area contributed by atoms with Gasteiger partial charge in [-0.15, -0.1) is 13.2 Å². The summed E-state index contributed by atoms with van der Waals surface area (Å²) < 4.78 is 47.1. The van der Waals surface area contributed by atoms with Gasteiger partial charge in [0.2, 0.25) is 0 Å². The van der Waals surface area contributed by atoms with Crippen molar-refractivity contribution in [2.24, 2.45) is 0 Å². The Balaban J connectivity index is 1.75. The van der Waals surface area contributed by atoms with Gasteiger partial charge in [0.15, 0.2) is 0 Å². The minimum Gasteiger partial charge on any atom is -0.492 e. The van der Waals surface area contributed by atoms with Crippen molar-refractivity contribution in [2.45, 2.75) is 12.9 Å². The first-order valence-corrected chi connectivity index (χ1v) is 10.3. The van der Waals surface area contributed by atoms with Crippen molar-refractivity contribution >= 4 is 86.0 Å². The number of nitrogens with zero attached hydrogens (tertiary/aromatic N) is 3. The summed E-state index contributed by atoms with van der Waals surface area (Å²) in [5, 5.41) is 0. The Morgan fingerprint density at radius 3 is 2.08 bits per heavy atom. The van der Waals surface area contributed by atoms with Gasteiger partial charge in [-0.3, -0.25) is 4.79 Å². The Hall–Kier alpha value is -3.23. The molecule has 1 aromatic heterocycles. The minimum atomic E-state index is -4.86. The van der Waals surface area contributed by atoms with Crippen LogP contribution in [0.2, 0.25) is 0 Å². The molecule has 0 N–H and O–H groups in total. The normalized spacial score (nSPS) is 13.6. The Labute approximate surface area is 212 Å². The van der Waals surface area contributed by atoms with Gasteiger partial charge in [-0.2, -0.15) is 0 Å². The number of rotatable bonds is 4. The van der Waals surface area contributed by atoms with Gasteiger partial charge in [-0.25, -0.2) is 9.97 Å². The largest absolute Gasteiger partial charge is 0.573 e. The van der Waals surface area contributed by atoms with E-state index in [0.717, 1.165) is 12.1 Å². The maximum Gasteiger partial charge on any atom is 0.573 e. The summed E-state index contributed by atoms with van der Waals surface area (Å²) in [6.07, 6.45) is -4.86. The molecule has 2 aromatic carbocycles.